The quantitative estimate of drug-likeness (QED) is 0.595. The molecule has 0 radical (unpaired) electrons. The monoisotopic (exact) mass is 302 g/mol. The highest BCUT2D eigenvalue weighted by atomic mass is 32.1. The van der Waals surface area contributed by atoms with Gasteiger partial charge in [0.05, 0.1) is 6.21 Å². The molecule has 0 aliphatic carbocycles. The van der Waals surface area contributed by atoms with Gasteiger partial charge in [-0.2, -0.15) is 14.9 Å². The van der Waals surface area contributed by atoms with Gasteiger partial charge in [0.15, 0.2) is 0 Å². The molecule has 2 heterocycles. The second-order valence-electron chi connectivity index (χ2n) is 4.34. The molecular weight excluding hydrogens is 291 g/mol. The molecule has 0 saturated carbocycles. The number of aromatic nitrogens is 3. The molecule has 1 N–H and O–H groups in total. The van der Waals surface area contributed by atoms with Gasteiger partial charge in [0.2, 0.25) is 4.77 Å². The van der Waals surface area contributed by atoms with Crippen LogP contribution < -0.4 is 0 Å². The molecule has 3 rings (SSSR count). The molecule has 0 aliphatic heterocycles. The fourth-order valence-corrected chi connectivity index (χ4v) is 2.04. The Morgan fingerprint density at radius 1 is 1.29 bits per heavy atom. The minimum atomic E-state index is -0.281. The SMILES string of the molecule is Cc1n[nH]c(=S)n1/N=C/c1ccc(-c2ccc(F)cc2)o1. The molecule has 7 heteroatoms. The zero-order valence-corrected chi connectivity index (χ0v) is 11.9. The number of halogens is 1. The van der Waals surface area contributed by atoms with E-state index >= 15 is 0 Å². The number of aromatic amines is 1. The Labute approximate surface area is 124 Å². The maximum atomic E-state index is 12.9. The molecule has 21 heavy (non-hydrogen) atoms. The van der Waals surface area contributed by atoms with E-state index in [9.17, 15) is 4.39 Å². The number of hydrogen-bond acceptors (Lipinski definition) is 4. The predicted molar refractivity (Wildman–Crippen MR) is 79.2 cm³/mol. The number of hydrogen-bond donors (Lipinski definition) is 1. The number of H-pyrrole nitrogens is 1. The zero-order chi connectivity index (χ0) is 14.8. The van der Waals surface area contributed by atoms with Crippen molar-refractivity contribution in [2.24, 2.45) is 5.10 Å². The number of benzene rings is 1. The van der Waals surface area contributed by atoms with Gasteiger partial charge in [0.25, 0.3) is 0 Å². The Bertz CT molecular complexity index is 844. The van der Waals surface area contributed by atoms with E-state index in [1.807, 2.05) is 0 Å². The topological polar surface area (TPSA) is 59.1 Å². The third-order valence-corrected chi connectivity index (χ3v) is 3.13. The van der Waals surface area contributed by atoms with Crippen LogP contribution in [0, 0.1) is 17.5 Å². The summed E-state index contributed by atoms with van der Waals surface area (Å²) in [5.41, 5.74) is 0.798. The van der Waals surface area contributed by atoms with Crippen LogP contribution in [0.2, 0.25) is 0 Å². The number of furan rings is 1. The summed E-state index contributed by atoms with van der Waals surface area (Å²) in [7, 11) is 0. The molecule has 1 aromatic carbocycles. The smallest absolute Gasteiger partial charge is 0.216 e. The summed E-state index contributed by atoms with van der Waals surface area (Å²) < 4.78 is 20.4. The van der Waals surface area contributed by atoms with Gasteiger partial charge in [-0.25, -0.2) is 4.39 Å². The second kappa shape index (κ2) is 5.45. The van der Waals surface area contributed by atoms with Crippen molar-refractivity contribution in [3.63, 3.8) is 0 Å². The lowest BCUT2D eigenvalue weighted by Crippen LogP contribution is -1.92. The Morgan fingerprint density at radius 3 is 2.71 bits per heavy atom. The number of nitrogens with zero attached hydrogens (tertiary/aromatic N) is 3. The van der Waals surface area contributed by atoms with Crippen molar-refractivity contribution in [1.82, 2.24) is 14.9 Å². The van der Waals surface area contributed by atoms with Gasteiger partial charge in [-0.3, -0.25) is 5.10 Å². The average Bonchev–Trinajstić information content (AvgIpc) is 3.06. The molecule has 0 fully saturated rings. The number of nitrogens with one attached hydrogen (secondary N) is 1. The first kappa shape index (κ1) is 13.4. The van der Waals surface area contributed by atoms with E-state index in [1.54, 1.807) is 37.4 Å². The van der Waals surface area contributed by atoms with Crippen LogP contribution in [0.1, 0.15) is 11.6 Å². The van der Waals surface area contributed by atoms with Gasteiger partial charge in [-0.05, 0) is 55.5 Å². The summed E-state index contributed by atoms with van der Waals surface area (Å²) in [6, 6.07) is 9.67. The van der Waals surface area contributed by atoms with Crippen LogP contribution in [-0.2, 0) is 0 Å². The first-order valence-electron chi connectivity index (χ1n) is 6.17. The summed E-state index contributed by atoms with van der Waals surface area (Å²) in [5.74, 6) is 1.58. The van der Waals surface area contributed by atoms with E-state index in [-0.39, 0.29) is 5.82 Å². The van der Waals surface area contributed by atoms with E-state index in [0.717, 1.165) is 5.56 Å². The van der Waals surface area contributed by atoms with E-state index in [4.69, 9.17) is 16.6 Å². The second-order valence-corrected chi connectivity index (χ2v) is 4.73. The van der Waals surface area contributed by atoms with Crippen molar-refractivity contribution in [3.8, 4) is 11.3 Å². The maximum Gasteiger partial charge on any atom is 0.216 e. The van der Waals surface area contributed by atoms with E-state index in [0.29, 0.717) is 22.1 Å². The molecule has 0 bridgehead atoms. The highest BCUT2D eigenvalue weighted by Crippen LogP contribution is 2.21. The van der Waals surface area contributed by atoms with E-state index in [2.05, 4.69) is 15.3 Å². The minimum absolute atomic E-state index is 0.281. The van der Waals surface area contributed by atoms with Crippen molar-refractivity contribution in [2.45, 2.75) is 6.92 Å². The van der Waals surface area contributed by atoms with Crippen LogP contribution >= 0.6 is 12.2 Å². The number of rotatable bonds is 3. The predicted octanol–water partition coefficient (Wildman–Crippen LogP) is 3.53. The first-order valence-corrected chi connectivity index (χ1v) is 6.58. The summed E-state index contributed by atoms with van der Waals surface area (Å²) in [6.45, 7) is 1.79. The molecule has 0 unspecified atom stereocenters. The van der Waals surface area contributed by atoms with Gasteiger partial charge in [-0.1, -0.05) is 0 Å². The lowest BCUT2D eigenvalue weighted by atomic mass is 10.2. The highest BCUT2D eigenvalue weighted by Gasteiger charge is 2.04. The maximum absolute atomic E-state index is 12.9. The lowest BCUT2D eigenvalue weighted by molar-refractivity contribution is 0.573. The molecule has 3 aromatic rings. The van der Waals surface area contributed by atoms with Crippen LogP contribution in [0.5, 0.6) is 0 Å². The summed E-state index contributed by atoms with van der Waals surface area (Å²) in [5, 5.41) is 10.8. The number of aryl methyl sites for hydroxylation is 1. The molecular formula is C14H11FN4OS. The average molecular weight is 302 g/mol. The Hall–Kier alpha value is -2.54. The van der Waals surface area contributed by atoms with Gasteiger partial charge in [0, 0.05) is 5.56 Å². The minimum Gasteiger partial charge on any atom is -0.455 e. The van der Waals surface area contributed by atoms with Crippen molar-refractivity contribution >= 4 is 18.4 Å². The molecule has 0 spiro atoms. The van der Waals surface area contributed by atoms with Gasteiger partial charge in [-0.15, -0.1) is 0 Å². The van der Waals surface area contributed by atoms with E-state index in [1.165, 1.54) is 16.8 Å². The Kier molecular flexibility index (Phi) is 3.49. The fraction of sp³-hybridized carbons (Fsp3) is 0.0714. The van der Waals surface area contributed by atoms with Crippen LogP contribution in [-0.4, -0.2) is 21.1 Å². The Balaban J connectivity index is 1.85. The van der Waals surface area contributed by atoms with Crippen molar-refractivity contribution in [2.75, 3.05) is 0 Å². The van der Waals surface area contributed by atoms with Crippen LogP contribution in [0.15, 0.2) is 45.9 Å². The molecule has 106 valence electrons. The van der Waals surface area contributed by atoms with Crippen LogP contribution in [0.25, 0.3) is 11.3 Å². The van der Waals surface area contributed by atoms with Gasteiger partial charge < -0.3 is 4.42 Å². The lowest BCUT2D eigenvalue weighted by Gasteiger charge is -1.96. The molecule has 0 aliphatic rings. The zero-order valence-electron chi connectivity index (χ0n) is 11.1. The van der Waals surface area contributed by atoms with E-state index < -0.39 is 0 Å². The third-order valence-electron chi connectivity index (χ3n) is 2.87. The summed E-state index contributed by atoms with van der Waals surface area (Å²) in [6.07, 6.45) is 1.55. The molecule has 0 saturated heterocycles. The molecule has 0 atom stereocenters. The first-order chi connectivity index (χ1) is 10.1. The standard InChI is InChI=1S/C14H11FN4OS/c1-9-17-18-14(21)19(9)16-8-12-6-7-13(20-12)10-2-4-11(15)5-3-10/h2-8H,1H3,(H,18,21)/b16-8+. The molecule has 5 nitrogen and oxygen atoms in total. The van der Waals surface area contributed by atoms with Crippen molar-refractivity contribution < 1.29 is 8.81 Å². The van der Waals surface area contributed by atoms with Gasteiger partial charge >= 0.3 is 0 Å². The largest absolute Gasteiger partial charge is 0.455 e. The van der Waals surface area contributed by atoms with Crippen LogP contribution in [0.3, 0.4) is 0 Å². The van der Waals surface area contributed by atoms with Crippen LogP contribution in [0.4, 0.5) is 4.39 Å². The molecule has 0 amide bonds. The van der Waals surface area contributed by atoms with Crippen molar-refractivity contribution in [1.29, 1.82) is 0 Å². The van der Waals surface area contributed by atoms with Crippen molar-refractivity contribution in [3.05, 3.63) is 58.6 Å². The summed E-state index contributed by atoms with van der Waals surface area (Å²) in [4.78, 5) is 0. The Morgan fingerprint density at radius 2 is 2.05 bits per heavy atom. The normalized spacial score (nSPS) is 11.3. The van der Waals surface area contributed by atoms with Gasteiger partial charge in [0.1, 0.15) is 23.2 Å². The third kappa shape index (κ3) is 2.82. The highest BCUT2D eigenvalue weighted by molar-refractivity contribution is 7.71. The molecule has 2 aromatic heterocycles. The fourth-order valence-electron chi connectivity index (χ4n) is 1.81. The summed E-state index contributed by atoms with van der Waals surface area (Å²) >= 11 is 5.05.